The molecule has 0 aliphatic heterocycles. The van der Waals surface area contributed by atoms with Crippen LogP contribution in [-0.4, -0.2) is 104 Å². The normalized spacial score (nSPS) is 28.6. The predicted molar refractivity (Wildman–Crippen MR) is 153 cm³/mol. The third-order valence-electron chi connectivity index (χ3n) is 9.55. The zero-order valence-electron chi connectivity index (χ0n) is 25.9. The summed E-state index contributed by atoms with van der Waals surface area (Å²) in [5, 5.41) is 22.6. The lowest BCUT2D eigenvalue weighted by molar-refractivity contribution is -0.182. The molecular weight excluding hydrogens is 576 g/mol. The first kappa shape index (κ1) is 33.8. The monoisotopic (exact) mass is 618 g/mol. The second kappa shape index (κ2) is 13.1. The van der Waals surface area contributed by atoms with Crippen LogP contribution in [0.25, 0.3) is 0 Å². The molecule has 4 rings (SSSR count). The van der Waals surface area contributed by atoms with Gasteiger partial charge in [-0.25, -0.2) is 0 Å². The van der Waals surface area contributed by atoms with Gasteiger partial charge in [-0.05, 0) is 41.9 Å². The molecule has 0 bridgehead atoms. The van der Waals surface area contributed by atoms with E-state index in [-0.39, 0.29) is 30.7 Å². The molecule has 0 spiro atoms. The molecule has 1 aromatic carbocycles. The summed E-state index contributed by atoms with van der Waals surface area (Å²) >= 11 is 0. The van der Waals surface area contributed by atoms with Gasteiger partial charge < -0.3 is 34.9 Å². The highest BCUT2D eigenvalue weighted by Crippen LogP contribution is 2.53. The smallest absolute Gasteiger partial charge is 0.235 e. The number of benzene rings is 1. The molecule has 44 heavy (non-hydrogen) atoms. The molecule has 1 aromatic rings. The molecule has 2 saturated carbocycles. The molecule has 2 fully saturated rings. The van der Waals surface area contributed by atoms with E-state index in [2.05, 4.69) is 0 Å². The third-order valence-corrected chi connectivity index (χ3v) is 9.55. The highest BCUT2D eigenvalue weighted by Gasteiger charge is 2.69. The topological polar surface area (TPSA) is 192 Å². The van der Waals surface area contributed by atoms with Gasteiger partial charge in [-0.1, -0.05) is 19.9 Å². The number of nitrogens with zero attached hydrogens (tertiary/aromatic N) is 1. The average molecular weight is 619 g/mol. The van der Waals surface area contributed by atoms with Crippen molar-refractivity contribution in [2.45, 2.75) is 51.4 Å². The predicted octanol–water partition coefficient (Wildman–Crippen LogP) is 0.249. The number of aliphatic hydroxyl groups is 1. The Hall–Kier alpha value is -3.07. The summed E-state index contributed by atoms with van der Waals surface area (Å²) < 4.78 is 21.6. The van der Waals surface area contributed by atoms with E-state index >= 15 is 0 Å². The van der Waals surface area contributed by atoms with Crippen molar-refractivity contribution in [3.05, 3.63) is 28.8 Å². The molecule has 3 aliphatic carbocycles. The number of rotatable bonds is 12. The Morgan fingerprint density at radius 3 is 2.07 bits per heavy atom. The van der Waals surface area contributed by atoms with Gasteiger partial charge in [-0.2, -0.15) is 0 Å². The molecule has 6 atom stereocenters. The van der Waals surface area contributed by atoms with E-state index < -0.39 is 82.7 Å². The Kier molecular flexibility index (Phi) is 10.1. The van der Waals surface area contributed by atoms with Crippen molar-refractivity contribution in [1.29, 1.82) is 0 Å². The summed E-state index contributed by atoms with van der Waals surface area (Å²) in [7, 11) is 6.04. The molecule has 4 N–H and O–H groups in total. The Labute approximate surface area is 255 Å². The number of carbonyl (C=O) groups is 5. The fourth-order valence-electron chi connectivity index (χ4n) is 7.42. The fourth-order valence-corrected chi connectivity index (χ4v) is 7.42. The molecule has 0 aromatic heterocycles. The van der Waals surface area contributed by atoms with E-state index in [9.17, 15) is 34.2 Å². The third kappa shape index (κ3) is 5.61. The van der Waals surface area contributed by atoms with Gasteiger partial charge in [0.25, 0.3) is 0 Å². The average Bonchev–Trinajstić information content (AvgIpc) is 2.97. The van der Waals surface area contributed by atoms with Crippen molar-refractivity contribution in [3.63, 3.8) is 0 Å². The van der Waals surface area contributed by atoms with E-state index in [0.29, 0.717) is 24.2 Å². The number of phenolic OH excluding ortho intramolecular Hbond substituents is 1. The van der Waals surface area contributed by atoms with Crippen LogP contribution in [0.3, 0.4) is 0 Å². The summed E-state index contributed by atoms with van der Waals surface area (Å²) in [6.07, 6.45) is -0.997. The molecule has 13 heteroatoms. The number of hydrogen-bond acceptors (Lipinski definition) is 12. The lowest BCUT2D eigenvalue weighted by Gasteiger charge is -2.52. The second-order valence-corrected chi connectivity index (χ2v) is 12.2. The number of amides is 1. The molecule has 2 unspecified atom stereocenters. The van der Waals surface area contributed by atoms with Gasteiger partial charge in [-0.3, -0.25) is 28.9 Å². The SMILES string of the molecule is COC(CN(Cc1ccc(O)c2c1C[C@H]1C[C@H]3[C@H](C(C)C)C(=O)C(C(N)=O)C(=O)[C@@]3(O)C(=O)C1C2=O)CC(OC)OC)OC. The zero-order chi connectivity index (χ0) is 32.7. The van der Waals surface area contributed by atoms with Gasteiger partial charge in [0.2, 0.25) is 5.91 Å². The van der Waals surface area contributed by atoms with Crippen LogP contribution in [0.2, 0.25) is 0 Å². The molecule has 0 saturated heterocycles. The summed E-state index contributed by atoms with van der Waals surface area (Å²) in [5.74, 6) is -12.0. The van der Waals surface area contributed by atoms with Gasteiger partial charge >= 0.3 is 0 Å². The summed E-state index contributed by atoms with van der Waals surface area (Å²) in [6.45, 7) is 4.30. The van der Waals surface area contributed by atoms with Crippen LogP contribution in [0.15, 0.2) is 12.1 Å². The number of hydrogen-bond donors (Lipinski definition) is 3. The summed E-state index contributed by atoms with van der Waals surface area (Å²) in [4.78, 5) is 69.0. The van der Waals surface area contributed by atoms with E-state index in [0.717, 1.165) is 0 Å². The fraction of sp³-hybridized carbons (Fsp3) is 0.645. The Balaban J connectivity index is 1.77. The molecule has 1 amide bonds. The van der Waals surface area contributed by atoms with E-state index in [1.807, 2.05) is 4.90 Å². The molecule has 242 valence electrons. The maximum absolute atomic E-state index is 14.0. The number of Topliss-reactive ketones (excluding diaryl/α,β-unsaturated/α-hetero) is 4. The molecule has 0 heterocycles. The Morgan fingerprint density at radius 2 is 1.57 bits per heavy atom. The number of aromatic hydroxyl groups is 1. The van der Waals surface area contributed by atoms with Gasteiger partial charge in [0.1, 0.15) is 5.75 Å². The number of ether oxygens (including phenoxy) is 4. The van der Waals surface area contributed by atoms with Gasteiger partial charge in [0, 0.05) is 46.8 Å². The second-order valence-electron chi connectivity index (χ2n) is 12.2. The molecule has 3 aliphatic rings. The maximum Gasteiger partial charge on any atom is 0.235 e. The number of phenols is 1. The zero-order valence-corrected chi connectivity index (χ0v) is 25.9. The number of methoxy groups -OCH3 is 4. The first-order valence-electron chi connectivity index (χ1n) is 14.6. The van der Waals surface area contributed by atoms with Crippen LogP contribution in [0.1, 0.15) is 41.8 Å². The van der Waals surface area contributed by atoms with Crippen LogP contribution in [0.4, 0.5) is 0 Å². The minimum absolute atomic E-state index is 0.00749. The van der Waals surface area contributed by atoms with Crippen LogP contribution in [0.5, 0.6) is 5.75 Å². The van der Waals surface area contributed by atoms with Crippen molar-refractivity contribution < 1.29 is 53.1 Å². The van der Waals surface area contributed by atoms with E-state index in [1.165, 1.54) is 34.5 Å². The van der Waals surface area contributed by atoms with Gasteiger partial charge in [-0.15, -0.1) is 0 Å². The largest absolute Gasteiger partial charge is 0.507 e. The van der Waals surface area contributed by atoms with E-state index in [4.69, 9.17) is 24.7 Å². The molecule has 13 nitrogen and oxygen atoms in total. The van der Waals surface area contributed by atoms with E-state index in [1.54, 1.807) is 19.9 Å². The lowest BCUT2D eigenvalue weighted by Crippen LogP contribution is -2.71. The highest BCUT2D eigenvalue weighted by atomic mass is 16.7. The lowest BCUT2D eigenvalue weighted by atomic mass is 9.49. The van der Waals surface area contributed by atoms with Crippen molar-refractivity contribution in [2.75, 3.05) is 41.5 Å². The number of fused-ring (bicyclic) bond motifs is 3. The molecule has 0 radical (unpaired) electrons. The van der Waals surface area contributed by atoms with Crippen LogP contribution in [-0.2, 0) is 51.1 Å². The molecular formula is C31H42N2O11. The van der Waals surface area contributed by atoms with Gasteiger partial charge in [0.05, 0.1) is 24.6 Å². The first-order valence-corrected chi connectivity index (χ1v) is 14.6. The number of carbonyl (C=O) groups excluding carboxylic acids is 5. The maximum atomic E-state index is 14.0. The highest BCUT2D eigenvalue weighted by molar-refractivity contribution is 6.31. The number of primary amides is 1. The van der Waals surface area contributed by atoms with Crippen LogP contribution in [0, 0.1) is 35.5 Å². The summed E-state index contributed by atoms with van der Waals surface area (Å²) in [5.41, 5.74) is 3.83. The minimum atomic E-state index is -2.73. The minimum Gasteiger partial charge on any atom is -0.507 e. The van der Waals surface area contributed by atoms with Crippen molar-refractivity contribution >= 4 is 29.0 Å². The number of nitrogens with two attached hydrogens (primary N) is 1. The summed E-state index contributed by atoms with van der Waals surface area (Å²) in [6, 6.07) is 3.06. The number of ketones is 4. The quantitative estimate of drug-likeness (QED) is 0.214. The van der Waals surface area contributed by atoms with Gasteiger partial charge in [0.15, 0.2) is 47.2 Å². The van der Waals surface area contributed by atoms with Crippen LogP contribution >= 0.6 is 0 Å². The standard InChI is InChI=1S/C31H42N2O11/c1-14(2)22-18-10-16-9-17-15(11-33(12-20(41-3)42-4)13-21(43-5)44-6)7-8-19(34)24(17)27(36)23(16)28(37)31(18,40)29(38)25(26(22)35)30(32)39/h7-8,14,16,18,20-23,25,34,40H,9-13H2,1-6H3,(H2,32,39)/t16-,18-,22-,23?,25?,31-/m0/s1. The Bertz CT molecular complexity index is 1310. The van der Waals surface area contributed by atoms with Crippen molar-refractivity contribution in [3.8, 4) is 5.75 Å². The Morgan fingerprint density at radius 1 is 1.00 bits per heavy atom. The van der Waals surface area contributed by atoms with Crippen molar-refractivity contribution in [2.24, 2.45) is 41.2 Å². The van der Waals surface area contributed by atoms with Crippen LogP contribution < -0.4 is 5.73 Å². The first-order chi connectivity index (χ1) is 20.8. The van der Waals surface area contributed by atoms with Crippen molar-refractivity contribution in [1.82, 2.24) is 4.90 Å².